The molecule has 2 N–H and O–H groups in total. The van der Waals surface area contributed by atoms with Gasteiger partial charge in [0.15, 0.2) is 0 Å². The van der Waals surface area contributed by atoms with E-state index in [0.717, 1.165) is 30.9 Å². The number of hydrogen-bond acceptors (Lipinski definition) is 5. The fourth-order valence-corrected chi connectivity index (χ4v) is 4.59. The Morgan fingerprint density at radius 1 is 1.52 bits per heavy atom. The molecule has 0 aliphatic carbocycles. The van der Waals surface area contributed by atoms with Crippen LogP contribution < -0.4 is 10.0 Å². The highest BCUT2D eigenvalue weighted by Crippen LogP contribution is 2.19. The second kappa shape index (κ2) is 7.62. The Labute approximate surface area is 131 Å². The molecule has 0 spiro atoms. The van der Waals surface area contributed by atoms with Crippen molar-refractivity contribution in [2.75, 3.05) is 18.1 Å². The molecule has 1 aromatic rings. The first kappa shape index (κ1) is 16.8. The summed E-state index contributed by atoms with van der Waals surface area (Å²) < 4.78 is 29.1. The number of rotatable bonds is 7. The SMILES string of the molecule is CC(C)NCCn1cc(S(=O)(=O)NC2CCCSC2)cn1. The number of thioether (sulfide) groups is 1. The fourth-order valence-electron chi connectivity index (χ4n) is 2.19. The zero-order valence-electron chi connectivity index (χ0n) is 12.6. The van der Waals surface area contributed by atoms with E-state index < -0.39 is 10.0 Å². The zero-order chi connectivity index (χ0) is 15.3. The maximum atomic E-state index is 12.3. The van der Waals surface area contributed by atoms with Crippen molar-refractivity contribution in [3.05, 3.63) is 12.4 Å². The van der Waals surface area contributed by atoms with E-state index >= 15 is 0 Å². The highest BCUT2D eigenvalue weighted by atomic mass is 32.2. The predicted molar refractivity (Wildman–Crippen MR) is 86.0 cm³/mol. The van der Waals surface area contributed by atoms with Gasteiger partial charge in [-0.2, -0.15) is 16.9 Å². The molecule has 1 unspecified atom stereocenters. The molecule has 2 heterocycles. The summed E-state index contributed by atoms with van der Waals surface area (Å²) in [7, 11) is -3.45. The van der Waals surface area contributed by atoms with Crippen LogP contribution in [0.2, 0.25) is 0 Å². The van der Waals surface area contributed by atoms with Gasteiger partial charge in [-0.05, 0) is 18.6 Å². The minimum atomic E-state index is -3.45. The molecule has 1 saturated heterocycles. The minimum Gasteiger partial charge on any atom is -0.313 e. The predicted octanol–water partition coefficient (Wildman–Crippen LogP) is 1.06. The molecule has 1 fully saturated rings. The van der Waals surface area contributed by atoms with Crippen molar-refractivity contribution in [1.29, 1.82) is 0 Å². The van der Waals surface area contributed by atoms with Crippen LogP contribution >= 0.6 is 11.8 Å². The topological polar surface area (TPSA) is 76.0 Å². The first-order valence-electron chi connectivity index (χ1n) is 7.33. The van der Waals surface area contributed by atoms with Crippen LogP contribution in [0, 0.1) is 0 Å². The van der Waals surface area contributed by atoms with Gasteiger partial charge in [0.25, 0.3) is 0 Å². The molecule has 1 aromatic heterocycles. The molecule has 0 radical (unpaired) electrons. The van der Waals surface area contributed by atoms with Crippen molar-refractivity contribution in [3.63, 3.8) is 0 Å². The molecule has 0 bridgehead atoms. The van der Waals surface area contributed by atoms with Crippen LogP contribution in [-0.2, 0) is 16.6 Å². The quantitative estimate of drug-likeness (QED) is 0.781. The number of aromatic nitrogens is 2. The first-order chi connectivity index (χ1) is 9.97. The second-order valence-electron chi connectivity index (χ2n) is 5.58. The van der Waals surface area contributed by atoms with Gasteiger partial charge in [-0.3, -0.25) is 4.68 Å². The summed E-state index contributed by atoms with van der Waals surface area (Å²) in [6, 6.07) is 0.453. The standard InChI is InChI=1S/C13H24N4O2S2/c1-11(2)14-5-6-17-9-13(8-15-17)21(18,19)16-12-4-3-7-20-10-12/h8-9,11-12,14,16H,3-7,10H2,1-2H3. The van der Waals surface area contributed by atoms with Gasteiger partial charge in [-0.25, -0.2) is 13.1 Å². The van der Waals surface area contributed by atoms with Crippen LogP contribution in [0.15, 0.2) is 17.3 Å². The van der Waals surface area contributed by atoms with E-state index in [9.17, 15) is 8.42 Å². The maximum absolute atomic E-state index is 12.3. The fraction of sp³-hybridized carbons (Fsp3) is 0.769. The lowest BCUT2D eigenvalue weighted by Gasteiger charge is -2.21. The van der Waals surface area contributed by atoms with Crippen LogP contribution in [0.1, 0.15) is 26.7 Å². The van der Waals surface area contributed by atoms with E-state index in [1.165, 1.54) is 6.20 Å². The Balaban J connectivity index is 1.92. The summed E-state index contributed by atoms with van der Waals surface area (Å²) in [6.45, 7) is 5.58. The number of sulfonamides is 1. The smallest absolute Gasteiger partial charge is 0.243 e. The average molecular weight is 332 g/mol. The van der Waals surface area contributed by atoms with Gasteiger partial charge in [0, 0.05) is 30.6 Å². The van der Waals surface area contributed by atoms with Gasteiger partial charge in [0.1, 0.15) is 4.90 Å². The summed E-state index contributed by atoms with van der Waals surface area (Å²) in [5.74, 6) is 1.98. The van der Waals surface area contributed by atoms with Gasteiger partial charge in [-0.15, -0.1) is 0 Å². The molecule has 0 aromatic carbocycles. The summed E-state index contributed by atoms with van der Waals surface area (Å²) in [5.41, 5.74) is 0. The summed E-state index contributed by atoms with van der Waals surface area (Å²) >= 11 is 1.80. The monoisotopic (exact) mass is 332 g/mol. The lowest BCUT2D eigenvalue weighted by Crippen LogP contribution is -2.38. The van der Waals surface area contributed by atoms with Crippen LogP contribution in [-0.4, -0.2) is 48.3 Å². The molecule has 1 atom stereocenters. The molecule has 1 aliphatic heterocycles. The molecule has 21 heavy (non-hydrogen) atoms. The molecular weight excluding hydrogens is 308 g/mol. The van der Waals surface area contributed by atoms with Crippen molar-refractivity contribution in [2.24, 2.45) is 0 Å². The second-order valence-corrected chi connectivity index (χ2v) is 8.45. The van der Waals surface area contributed by atoms with E-state index in [4.69, 9.17) is 0 Å². The Bertz CT molecular complexity index is 536. The minimum absolute atomic E-state index is 0.0414. The molecule has 0 saturated carbocycles. The van der Waals surface area contributed by atoms with E-state index in [-0.39, 0.29) is 10.9 Å². The number of nitrogens with zero attached hydrogens (tertiary/aromatic N) is 2. The summed E-state index contributed by atoms with van der Waals surface area (Å²) in [5, 5.41) is 7.40. The highest BCUT2D eigenvalue weighted by Gasteiger charge is 2.23. The number of nitrogens with one attached hydrogen (secondary N) is 2. The Morgan fingerprint density at radius 3 is 3.00 bits per heavy atom. The Hall–Kier alpha value is -0.570. The molecule has 0 amide bonds. The van der Waals surface area contributed by atoms with Gasteiger partial charge in [0.05, 0.1) is 12.7 Å². The van der Waals surface area contributed by atoms with Crippen molar-refractivity contribution in [2.45, 2.75) is 50.2 Å². The van der Waals surface area contributed by atoms with E-state index in [0.29, 0.717) is 12.6 Å². The van der Waals surface area contributed by atoms with E-state index in [2.05, 4.69) is 29.0 Å². The molecule has 6 nitrogen and oxygen atoms in total. The van der Waals surface area contributed by atoms with Crippen molar-refractivity contribution < 1.29 is 8.42 Å². The molecule has 8 heteroatoms. The van der Waals surface area contributed by atoms with E-state index in [1.807, 2.05) is 0 Å². The molecule has 1 aliphatic rings. The molecular formula is C13H24N4O2S2. The lowest BCUT2D eigenvalue weighted by molar-refractivity contribution is 0.514. The van der Waals surface area contributed by atoms with Crippen LogP contribution in [0.5, 0.6) is 0 Å². The van der Waals surface area contributed by atoms with Crippen LogP contribution in [0.4, 0.5) is 0 Å². The summed E-state index contributed by atoms with van der Waals surface area (Å²) in [4.78, 5) is 0.252. The van der Waals surface area contributed by atoms with Gasteiger partial charge in [-0.1, -0.05) is 13.8 Å². The first-order valence-corrected chi connectivity index (χ1v) is 9.97. The zero-order valence-corrected chi connectivity index (χ0v) is 14.2. The Kier molecular flexibility index (Phi) is 6.09. The van der Waals surface area contributed by atoms with Crippen LogP contribution in [0.3, 0.4) is 0 Å². The van der Waals surface area contributed by atoms with Crippen LogP contribution in [0.25, 0.3) is 0 Å². The average Bonchev–Trinajstić information content (AvgIpc) is 2.88. The van der Waals surface area contributed by atoms with Gasteiger partial charge in [0.2, 0.25) is 10.0 Å². The van der Waals surface area contributed by atoms with E-state index in [1.54, 1.807) is 22.6 Å². The van der Waals surface area contributed by atoms with Crippen molar-refractivity contribution >= 4 is 21.8 Å². The third-order valence-electron chi connectivity index (χ3n) is 3.30. The maximum Gasteiger partial charge on any atom is 0.243 e. The lowest BCUT2D eigenvalue weighted by atomic mass is 10.2. The third kappa shape index (κ3) is 5.28. The van der Waals surface area contributed by atoms with Gasteiger partial charge >= 0.3 is 0 Å². The summed E-state index contributed by atoms with van der Waals surface area (Å²) in [6.07, 6.45) is 5.00. The highest BCUT2D eigenvalue weighted by molar-refractivity contribution is 7.99. The van der Waals surface area contributed by atoms with Crippen molar-refractivity contribution in [1.82, 2.24) is 19.8 Å². The van der Waals surface area contributed by atoms with Crippen molar-refractivity contribution in [3.8, 4) is 0 Å². The molecule has 2 rings (SSSR count). The normalized spacial score (nSPS) is 20.0. The Morgan fingerprint density at radius 2 is 2.33 bits per heavy atom. The third-order valence-corrected chi connectivity index (χ3v) is 5.99. The number of hydrogen-bond donors (Lipinski definition) is 2. The van der Waals surface area contributed by atoms with Gasteiger partial charge < -0.3 is 5.32 Å². The largest absolute Gasteiger partial charge is 0.313 e. The molecule has 120 valence electrons.